The molecule has 0 bridgehead atoms. The van der Waals surface area contributed by atoms with Gasteiger partial charge in [0.15, 0.2) is 0 Å². The molecule has 0 amide bonds. The first-order valence-electron chi connectivity index (χ1n) is 15.4. The van der Waals surface area contributed by atoms with Crippen molar-refractivity contribution in [3.8, 4) is 0 Å². The summed E-state index contributed by atoms with van der Waals surface area (Å²) in [6.45, 7) is 13.0. The van der Waals surface area contributed by atoms with Crippen LogP contribution in [0.4, 0.5) is 4.39 Å². The van der Waals surface area contributed by atoms with E-state index in [2.05, 4.69) is 41.3 Å². The number of aromatic nitrogens is 2. The summed E-state index contributed by atoms with van der Waals surface area (Å²) >= 11 is 0. The Bertz CT molecular complexity index is 1130. The van der Waals surface area contributed by atoms with Gasteiger partial charge in [0, 0.05) is 50.3 Å². The predicted octanol–water partition coefficient (Wildman–Crippen LogP) is 5.71. The Balaban J connectivity index is 1.29. The smallest absolute Gasteiger partial charge is 0.310 e. The lowest BCUT2D eigenvalue weighted by Gasteiger charge is -2.35. The summed E-state index contributed by atoms with van der Waals surface area (Å²) in [5.41, 5.74) is 4.64. The average molecular weight is 539 g/mol. The molecule has 0 spiro atoms. The van der Waals surface area contributed by atoms with Crippen molar-refractivity contribution in [2.24, 2.45) is 11.3 Å². The number of aryl methyl sites for hydroxylation is 2. The number of benzene rings is 1. The number of hydrogen-bond donors (Lipinski definition) is 1. The summed E-state index contributed by atoms with van der Waals surface area (Å²) in [5.74, 6) is 0.326. The number of nitrogens with zero attached hydrogens (tertiary/aromatic N) is 4. The molecule has 39 heavy (non-hydrogen) atoms. The standard InChI is InChI=1S/C32H47FN4O2/c1-4-27-29(5-2)34-37(6-3)30(27)23-12-16-35(17-13-23)19-25-20-36(22-32(31(38)39)14-7-8-15-32)21-28(25)24-10-9-11-26(33)18-24/h9-11,18,23,25,28H,4-8,12-17,19-22H2,1-3H3,(H,38,39)/t25-,28+/m0/s1. The quantitative estimate of drug-likeness (QED) is 0.420. The van der Waals surface area contributed by atoms with Crippen LogP contribution in [-0.4, -0.2) is 69.9 Å². The van der Waals surface area contributed by atoms with Crippen LogP contribution in [0.25, 0.3) is 0 Å². The number of aliphatic carboxylic acids is 1. The van der Waals surface area contributed by atoms with Gasteiger partial charge in [-0.1, -0.05) is 38.8 Å². The highest BCUT2D eigenvalue weighted by molar-refractivity contribution is 5.75. The maximum absolute atomic E-state index is 14.2. The van der Waals surface area contributed by atoms with Crippen molar-refractivity contribution in [1.29, 1.82) is 0 Å². The average Bonchev–Trinajstić information content (AvgIpc) is 3.66. The normalized spacial score (nSPS) is 24.5. The Hall–Kier alpha value is -2.25. The molecule has 1 aliphatic carbocycles. The first-order valence-corrected chi connectivity index (χ1v) is 15.4. The van der Waals surface area contributed by atoms with E-state index in [9.17, 15) is 14.3 Å². The Morgan fingerprint density at radius 3 is 2.44 bits per heavy atom. The SMILES string of the molecule is CCc1nn(CC)c(C2CCN(C[C@H]3CN(CC4(C(=O)O)CCCC4)C[C@@H]3c3cccc(F)c3)CC2)c1CC. The van der Waals surface area contributed by atoms with Gasteiger partial charge in [-0.15, -0.1) is 0 Å². The minimum absolute atomic E-state index is 0.186. The number of rotatable bonds is 10. The second-order valence-corrected chi connectivity index (χ2v) is 12.3. The van der Waals surface area contributed by atoms with Gasteiger partial charge < -0.3 is 14.9 Å². The summed E-state index contributed by atoms with van der Waals surface area (Å²) in [5, 5.41) is 15.0. The Morgan fingerprint density at radius 1 is 1.08 bits per heavy atom. The molecular formula is C32H47FN4O2. The molecule has 6 nitrogen and oxygen atoms in total. The number of halogens is 1. The third-order valence-electron chi connectivity index (χ3n) is 9.97. The number of carboxylic acid groups (broad SMARTS) is 1. The van der Waals surface area contributed by atoms with Gasteiger partial charge in [0.05, 0.1) is 11.1 Å². The molecule has 2 aromatic rings. The van der Waals surface area contributed by atoms with E-state index in [0.29, 0.717) is 18.4 Å². The van der Waals surface area contributed by atoms with E-state index < -0.39 is 11.4 Å². The van der Waals surface area contributed by atoms with Crippen LogP contribution in [0.1, 0.15) is 93.6 Å². The summed E-state index contributed by atoms with van der Waals surface area (Å²) < 4.78 is 16.5. The Morgan fingerprint density at radius 2 is 1.82 bits per heavy atom. The lowest BCUT2D eigenvalue weighted by atomic mass is 9.85. The maximum Gasteiger partial charge on any atom is 0.310 e. The fraction of sp³-hybridized carbons (Fsp3) is 0.688. The van der Waals surface area contributed by atoms with E-state index in [4.69, 9.17) is 5.10 Å². The lowest BCUT2D eigenvalue weighted by molar-refractivity contribution is -0.149. The van der Waals surface area contributed by atoms with Crippen molar-refractivity contribution in [3.63, 3.8) is 0 Å². The zero-order valence-corrected chi connectivity index (χ0v) is 24.2. The van der Waals surface area contributed by atoms with Crippen LogP contribution < -0.4 is 0 Å². The molecular weight excluding hydrogens is 491 g/mol. The molecule has 1 aromatic carbocycles. The van der Waals surface area contributed by atoms with Crippen molar-refractivity contribution in [2.45, 2.75) is 90.5 Å². The van der Waals surface area contributed by atoms with Crippen LogP contribution in [0.15, 0.2) is 24.3 Å². The van der Waals surface area contributed by atoms with Gasteiger partial charge in [0.1, 0.15) is 5.82 Å². The molecule has 2 atom stereocenters. The van der Waals surface area contributed by atoms with Gasteiger partial charge in [-0.05, 0) is 87.7 Å². The highest BCUT2D eigenvalue weighted by Gasteiger charge is 2.45. The molecule has 3 aliphatic rings. The van der Waals surface area contributed by atoms with Gasteiger partial charge in [-0.3, -0.25) is 9.48 Å². The van der Waals surface area contributed by atoms with Crippen LogP contribution in [0.5, 0.6) is 0 Å². The second kappa shape index (κ2) is 12.1. The second-order valence-electron chi connectivity index (χ2n) is 12.3. The molecule has 1 saturated carbocycles. The molecule has 0 unspecified atom stereocenters. The van der Waals surface area contributed by atoms with Gasteiger partial charge in [0.2, 0.25) is 0 Å². The predicted molar refractivity (Wildman–Crippen MR) is 153 cm³/mol. The largest absolute Gasteiger partial charge is 0.481 e. The molecule has 1 aromatic heterocycles. The van der Waals surface area contributed by atoms with Crippen molar-refractivity contribution < 1.29 is 14.3 Å². The van der Waals surface area contributed by atoms with Gasteiger partial charge in [-0.2, -0.15) is 5.10 Å². The van der Waals surface area contributed by atoms with Crippen molar-refractivity contribution in [1.82, 2.24) is 19.6 Å². The topological polar surface area (TPSA) is 61.6 Å². The number of carbonyl (C=O) groups is 1. The number of likely N-dealkylation sites (tertiary alicyclic amines) is 2. The Labute approximate surface area is 233 Å². The van der Waals surface area contributed by atoms with Crippen molar-refractivity contribution in [2.75, 3.05) is 39.3 Å². The minimum atomic E-state index is -0.642. The zero-order valence-electron chi connectivity index (χ0n) is 24.2. The van der Waals surface area contributed by atoms with Crippen LogP contribution in [0.2, 0.25) is 0 Å². The number of piperidine rings is 1. The van der Waals surface area contributed by atoms with E-state index >= 15 is 0 Å². The third-order valence-corrected chi connectivity index (χ3v) is 9.97. The molecule has 5 rings (SSSR count). The van der Waals surface area contributed by atoms with E-state index in [1.165, 1.54) is 23.0 Å². The molecule has 214 valence electrons. The molecule has 1 N–H and O–H groups in total. The zero-order chi connectivity index (χ0) is 27.6. The van der Waals surface area contributed by atoms with Crippen molar-refractivity contribution >= 4 is 5.97 Å². The fourth-order valence-corrected chi connectivity index (χ4v) is 7.96. The lowest BCUT2D eigenvalue weighted by Crippen LogP contribution is -2.41. The molecule has 0 radical (unpaired) electrons. The number of carboxylic acids is 1. The van der Waals surface area contributed by atoms with E-state index in [1.807, 2.05) is 6.07 Å². The van der Waals surface area contributed by atoms with Crippen LogP contribution >= 0.6 is 0 Å². The maximum atomic E-state index is 14.2. The molecule has 3 heterocycles. The van der Waals surface area contributed by atoms with Gasteiger partial charge in [-0.25, -0.2) is 4.39 Å². The molecule has 3 fully saturated rings. The first-order chi connectivity index (χ1) is 18.9. The first kappa shape index (κ1) is 28.3. The fourth-order valence-electron chi connectivity index (χ4n) is 7.96. The van der Waals surface area contributed by atoms with E-state index in [-0.39, 0.29) is 11.7 Å². The Kier molecular flexibility index (Phi) is 8.77. The summed E-state index contributed by atoms with van der Waals surface area (Å²) in [4.78, 5) is 17.3. The third kappa shape index (κ3) is 5.81. The molecule has 2 saturated heterocycles. The number of hydrogen-bond acceptors (Lipinski definition) is 4. The summed E-state index contributed by atoms with van der Waals surface area (Å²) in [7, 11) is 0. The minimum Gasteiger partial charge on any atom is -0.481 e. The van der Waals surface area contributed by atoms with E-state index in [0.717, 1.165) is 96.2 Å². The highest BCUT2D eigenvalue weighted by Crippen LogP contribution is 2.42. The van der Waals surface area contributed by atoms with Crippen molar-refractivity contribution in [3.05, 3.63) is 52.6 Å². The highest BCUT2D eigenvalue weighted by atomic mass is 19.1. The van der Waals surface area contributed by atoms with Gasteiger partial charge >= 0.3 is 5.97 Å². The monoisotopic (exact) mass is 538 g/mol. The van der Waals surface area contributed by atoms with Crippen LogP contribution in [0, 0.1) is 17.2 Å². The summed E-state index contributed by atoms with van der Waals surface area (Å²) in [6, 6.07) is 7.09. The van der Waals surface area contributed by atoms with Gasteiger partial charge in [0.25, 0.3) is 0 Å². The molecule has 2 aliphatic heterocycles. The summed E-state index contributed by atoms with van der Waals surface area (Å²) in [6.07, 6.45) is 7.88. The van der Waals surface area contributed by atoms with E-state index in [1.54, 1.807) is 6.07 Å². The van der Waals surface area contributed by atoms with Crippen LogP contribution in [-0.2, 0) is 24.2 Å². The van der Waals surface area contributed by atoms with Crippen LogP contribution in [0.3, 0.4) is 0 Å². The molecule has 7 heteroatoms.